The van der Waals surface area contributed by atoms with E-state index in [2.05, 4.69) is 5.10 Å². The molecule has 2 aromatic heterocycles. The van der Waals surface area contributed by atoms with Crippen LogP contribution in [0.1, 0.15) is 10.4 Å². The lowest BCUT2D eigenvalue weighted by Crippen LogP contribution is -1.96. The molecule has 7 heteroatoms. The maximum absolute atomic E-state index is 11.4. The first kappa shape index (κ1) is 14.1. The second-order valence-electron chi connectivity index (χ2n) is 4.22. The van der Waals surface area contributed by atoms with E-state index < -0.39 is 5.97 Å². The molecule has 0 amide bonds. The van der Waals surface area contributed by atoms with E-state index in [1.807, 2.05) is 17.5 Å². The van der Waals surface area contributed by atoms with Gasteiger partial charge in [0.2, 0.25) is 0 Å². The molecular formula is C14H8Cl2N2O2S. The molecular weight excluding hydrogens is 331 g/mol. The zero-order valence-corrected chi connectivity index (χ0v) is 12.8. The van der Waals surface area contributed by atoms with Crippen LogP contribution in [-0.2, 0) is 0 Å². The van der Waals surface area contributed by atoms with Gasteiger partial charge in [-0.1, -0.05) is 29.3 Å². The maximum Gasteiger partial charge on any atom is 0.339 e. The summed E-state index contributed by atoms with van der Waals surface area (Å²) in [5, 5.41) is 16.4. The van der Waals surface area contributed by atoms with Crippen molar-refractivity contribution < 1.29 is 9.90 Å². The van der Waals surface area contributed by atoms with Gasteiger partial charge in [-0.05, 0) is 29.6 Å². The SMILES string of the molecule is O=C(O)c1cn(-c2ccc(Cl)c(Cl)c2)nc1-c1cccs1. The first-order valence-corrected chi connectivity index (χ1v) is 7.52. The van der Waals surface area contributed by atoms with Gasteiger partial charge in [-0.15, -0.1) is 11.3 Å². The van der Waals surface area contributed by atoms with Crippen molar-refractivity contribution in [2.75, 3.05) is 0 Å². The van der Waals surface area contributed by atoms with Gasteiger partial charge in [0.1, 0.15) is 11.3 Å². The van der Waals surface area contributed by atoms with Gasteiger partial charge in [-0.25, -0.2) is 9.48 Å². The van der Waals surface area contributed by atoms with E-state index >= 15 is 0 Å². The summed E-state index contributed by atoms with van der Waals surface area (Å²) in [6.45, 7) is 0. The zero-order chi connectivity index (χ0) is 15.0. The minimum absolute atomic E-state index is 0.142. The number of aromatic carboxylic acids is 1. The molecule has 0 aliphatic carbocycles. The normalized spacial score (nSPS) is 10.8. The molecule has 4 nitrogen and oxygen atoms in total. The summed E-state index contributed by atoms with van der Waals surface area (Å²) in [5.41, 5.74) is 1.22. The van der Waals surface area contributed by atoms with Gasteiger partial charge in [-0.2, -0.15) is 5.10 Å². The number of thiophene rings is 1. The number of carboxylic acid groups (broad SMARTS) is 1. The van der Waals surface area contributed by atoms with Gasteiger partial charge in [-0.3, -0.25) is 0 Å². The van der Waals surface area contributed by atoms with Crippen LogP contribution < -0.4 is 0 Å². The molecule has 0 atom stereocenters. The fourth-order valence-corrected chi connectivity index (χ4v) is 2.90. The number of halogens is 2. The van der Waals surface area contributed by atoms with Crippen LogP contribution in [0.2, 0.25) is 10.0 Å². The fraction of sp³-hybridized carbons (Fsp3) is 0. The van der Waals surface area contributed by atoms with Crippen LogP contribution in [0.25, 0.3) is 16.3 Å². The number of benzene rings is 1. The largest absolute Gasteiger partial charge is 0.478 e. The summed E-state index contributed by atoms with van der Waals surface area (Å²) in [6.07, 6.45) is 1.47. The van der Waals surface area contributed by atoms with Gasteiger partial charge in [0.15, 0.2) is 0 Å². The fourth-order valence-electron chi connectivity index (χ4n) is 1.89. The highest BCUT2D eigenvalue weighted by atomic mass is 35.5. The number of aromatic nitrogens is 2. The van der Waals surface area contributed by atoms with E-state index in [0.717, 1.165) is 4.88 Å². The van der Waals surface area contributed by atoms with Crippen LogP contribution in [0, 0.1) is 0 Å². The Bertz CT molecular complexity index is 813. The lowest BCUT2D eigenvalue weighted by Gasteiger charge is -2.02. The van der Waals surface area contributed by atoms with Crippen molar-refractivity contribution in [2.24, 2.45) is 0 Å². The summed E-state index contributed by atoms with van der Waals surface area (Å²) < 4.78 is 1.49. The lowest BCUT2D eigenvalue weighted by atomic mass is 10.2. The minimum Gasteiger partial charge on any atom is -0.478 e. The van der Waals surface area contributed by atoms with Crippen molar-refractivity contribution in [3.05, 3.63) is 57.5 Å². The topological polar surface area (TPSA) is 55.1 Å². The zero-order valence-electron chi connectivity index (χ0n) is 10.5. The average molecular weight is 339 g/mol. The Hall–Kier alpha value is -1.82. The van der Waals surface area contributed by atoms with Gasteiger partial charge < -0.3 is 5.11 Å². The predicted octanol–water partition coefficient (Wildman–Crippen LogP) is 4.61. The third kappa shape index (κ3) is 2.68. The molecule has 0 saturated carbocycles. The highest BCUT2D eigenvalue weighted by Crippen LogP contribution is 2.29. The van der Waals surface area contributed by atoms with E-state index in [0.29, 0.717) is 21.4 Å². The van der Waals surface area contributed by atoms with E-state index in [-0.39, 0.29) is 5.56 Å². The number of nitrogens with zero attached hydrogens (tertiary/aromatic N) is 2. The Balaban J connectivity index is 2.14. The molecule has 0 aliphatic rings. The van der Waals surface area contributed by atoms with Gasteiger partial charge in [0.05, 0.1) is 20.6 Å². The Labute approximate surface area is 134 Å². The second-order valence-corrected chi connectivity index (χ2v) is 5.98. The summed E-state index contributed by atoms with van der Waals surface area (Å²) in [5.74, 6) is -1.02. The van der Waals surface area contributed by atoms with E-state index in [1.165, 1.54) is 22.2 Å². The Morgan fingerprint density at radius 3 is 2.67 bits per heavy atom. The van der Waals surface area contributed by atoms with E-state index in [4.69, 9.17) is 23.2 Å². The molecule has 1 N–H and O–H groups in total. The van der Waals surface area contributed by atoms with Crippen molar-refractivity contribution in [3.8, 4) is 16.3 Å². The van der Waals surface area contributed by atoms with Crippen LogP contribution in [0.4, 0.5) is 0 Å². The molecule has 21 heavy (non-hydrogen) atoms. The molecule has 106 valence electrons. The van der Waals surface area contributed by atoms with Crippen LogP contribution in [0.5, 0.6) is 0 Å². The molecule has 0 radical (unpaired) electrons. The highest BCUT2D eigenvalue weighted by molar-refractivity contribution is 7.13. The monoisotopic (exact) mass is 338 g/mol. The van der Waals surface area contributed by atoms with Crippen molar-refractivity contribution in [1.29, 1.82) is 0 Å². The summed E-state index contributed by atoms with van der Waals surface area (Å²) in [6, 6.07) is 8.69. The van der Waals surface area contributed by atoms with Crippen LogP contribution in [0.15, 0.2) is 41.9 Å². The van der Waals surface area contributed by atoms with Gasteiger partial charge in [0, 0.05) is 6.20 Å². The number of carboxylic acids is 1. The van der Waals surface area contributed by atoms with Crippen molar-refractivity contribution >= 4 is 40.5 Å². The van der Waals surface area contributed by atoms with Crippen molar-refractivity contribution in [2.45, 2.75) is 0 Å². The number of carbonyl (C=O) groups is 1. The molecule has 2 heterocycles. The third-order valence-electron chi connectivity index (χ3n) is 2.87. The Morgan fingerprint density at radius 2 is 2.05 bits per heavy atom. The first-order valence-electron chi connectivity index (χ1n) is 5.88. The minimum atomic E-state index is -1.02. The summed E-state index contributed by atoms with van der Waals surface area (Å²) >= 11 is 13.3. The van der Waals surface area contributed by atoms with Crippen molar-refractivity contribution in [1.82, 2.24) is 9.78 Å². The van der Waals surface area contributed by atoms with Crippen LogP contribution in [0.3, 0.4) is 0 Å². The van der Waals surface area contributed by atoms with E-state index in [9.17, 15) is 9.90 Å². The number of rotatable bonds is 3. The molecule has 1 aromatic carbocycles. The quantitative estimate of drug-likeness (QED) is 0.758. The van der Waals surface area contributed by atoms with E-state index in [1.54, 1.807) is 18.2 Å². The van der Waals surface area contributed by atoms with Crippen molar-refractivity contribution in [3.63, 3.8) is 0 Å². The Morgan fingerprint density at radius 1 is 1.24 bits per heavy atom. The lowest BCUT2D eigenvalue weighted by molar-refractivity contribution is 0.0697. The average Bonchev–Trinajstić information content (AvgIpc) is 3.09. The summed E-state index contributed by atoms with van der Waals surface area (Å²) in [7, 11) is 0. The predicted molar refractivity (Wildman–Crippen MR) is 83.9 cm³/mol. The summed E-state index contributed by atoms with van der Waals surface area (Å²) in [4.78, 5) is 12.2. The third-order valence-corrected chi connectivity index (χ3v) is 4.48. The number of hydrogen-bond donors (Lipinski definition) is 1. The maximum atomic E-state index is 11.4. The van der Waals surface area contributed by atoms with Gasteiger partial charge >= 0.3 is 5.97 Å². The molecule has 3 rings (SSSR count). The smallest absolute Gasteiger partial charge is 0.339 e. The molecule has 3 aromatic rings. The first-order chi connectivity index (χ1) is 10.1. The number of hydrogen-bond acceptors (Lipinski definition) is 3. The standard InChI is InChI=1S/C14H8Cl2N2O2S/c15-10-4-3-8(6-11(10)16)18-7-9(14(19)20)13(17-18)12-2-1-5-21-12/h1-7H,(H,19,20). The highest BCUT2D eigenvalue weighted by Gasteiger charge is 2.18. The van der Waals surface area contributed by atoms with Crippen LogP contribution in [-0.4, -0.2) is 20.9 Å². The molecule has 0 aliphatic heterocycles. The Kier molecular flexibility index (Phi) is 3.71. The molecule has 0 bridgehead atoms. The molecule has 0 fully saturated rings. The second kappa shape index (κ2) is 5.52. The molecule has 0 unspecified atom stereocenters. The van der Waals surface area contributed by atoms with Gasteiger partial charge in [0.25, 0.3) is 0 Å². The molecule has 0 spiro atoms. The van der Waals surface area contributed by atoms with Crippen LogP contribution >= 0.6 is 34.5 Å². The molecule has 0 saturated heterocycles.